The van der Waals surface area contributed by atoms with E-state index < -0.39 is 0 Å². The molecule has 0 radical (unpaired) electrons. The molecule has 98 valence electrons. The van der Waals surface area contributed by atoms with Gasteiger partial charge in [0.05, 0.1) is 6.10 Å². The number of fused-ring (bicyclic) bond motifs is 1. The van der Waals surface area contributed by atoms with Gasteiger partial charge in [-0.05, 0) is 37.6 Å². The van der Waals surface area contributed by atoms with Crippen molar-refractivity contribution in [3.05, 3.63) is 23.8 Å². The third kappa shape index (κ3) is 2.18. The Kier molecular flexibility index (Phi) is 3.14. The van der Waals surface area contributed by atoms with E-state index in [9.17, 15) is 5.11 Å². The highest BCUT2D eigenvalue weighted by atomic mass is 16.6. The molecule has 1 heterocycles. The predicted molar refractivity (Wildman–Crippen MR) is 67.9 cm³/mol. The number of aliphatic hydroxyl groups excluding tert-OH is 1. The van der Waals surface area contributed by atoms with E-state index in [0.29, 0.717) is 19.3 Å². The van der Waals surface area contributed by atoms with Crippen molar-refractivity contribution in [2.24, 2.45) is 0 Å². The molecule has 1 aromatic carbocycles. The molecule has 18 heavy (non-hydrogen) atoms. The van der Waals surface area contributed by atoms with Crippen LogP contribution in [-0.4, -0.2) is 42.4 Å². The fraction of sp³-hybridized carbons (Fsp3) is 0.571. The van der Waals surface area contributed by atoms with Gasteiger partial charge in [0.2, 0.25) is 0 Å². The molecule has 3 rings (SSSR count). The minimum Gasteiger partial charge on any atom is -0.486 e. The number of likely N-dealkylation sites (N-methyl/N-ethyl adjacent to an activating group) is 1. The molecule has 1 fully saturated rings. The van der Waals surface area contributed by atoms with Crippen LogP contribution in [0.1, 0.15) is 18.4 Å². The van der Waals surface area contributed by atoms with Gasteiger partial charge in [0.15, 0.2) is 11.5 Å². The predicted octanol–water partition coefficient (Wildman–Crippen LogP) is 1.41. The Morgan fingerprint density at radius 1 is 1.22 bits per heavy atom. The van der Waals surface area contributed by atoms with Crippen LogP contribution in [0.15, 0.2) is 18.2 Å². The second-order valence-corrected chi connectivity index (χ2v) is 5.11. The van der Waals surface area contributed by atoms with Crippen LogP contribution in [0.5, 0.6) is 11.5 Å². The van der Waals surface area contributed by atoms with Crippen LogP contribution < -0.4 is 9.47 Å². The highest BCUT2D eigenvalue weighted by Crippen LogP contribution is 2.32. The molecule has 0 spiro atoms. The Morgan fingerprint density at radius 3 is 2.67 bits per heavy atom. The lowest BCUT2D eigenvalue weighted by atomic mass is 9.88. The molecular formula is C14H19NO3. The summed E-state index contributed by atoms with van der Waals surface area (Å²) in [6.07, 6.45) is 1.85. The first-order valence-electron chi connectivity index (χ1n) is 6.51. The molecule has 0 aromatic heterocycles. The third-order valence-electron chi connectivity index (χ3n) is 3.81. The van der Waals surface area contributed by atoms with Crippen molar-refractivity contribution >= 4 is 0 Å². The van der Waals surface area contributed by atoms with Crippen LogP contribution in [0.4, 0.5) is 0 Å². The summed E-state index contributed by atoms with van der Waals surface area (Å²) in [5.41, 5.74) is 1.20. The lowest BCUT2D eigenvalue weighted by Crippen LogP contribution is -2.48. The SMILES string of the molecule is CN(Cc1ccc2c(c1)OCCO2)C1CCC1O. The van der Waals surface area contributed by atoms with Crippen LogP contribution in [0.3, 0.4) is 0 Å². The first-order valence-corrected chi connectivity index (χ1v) is 6.51. The molecule has 0 saturated heterocycles. The molecule has 4 nitrogen and oxygen atoms in total. The molecule has 1 saturated carbocycles. The smallest absolute Gasteiger partial charge is 0.161 e. The van der Waals surface area contributed by atoms with Gasteiger partial charge in [-0.15, -0.1) is 0 Å². The Hall–Kier alpha value is -1.26. The topological polar surface area (TPSA) is 41.9 Å². The van der Waals surface area contributed by atoms with Crippen LogP contribution in [-0.2, 0) is 6.54 Å². The Bertz CT molecular complexity index is 435. The average molecular weight is 249 g/mol. The summed E-state index contributed by atoms with van der Waals surface area (Å²) in [5, 5.41) is 9.66. The maximum atomic E-state index is 9.66. The van der Waals surface area contributed by atoms with Crippen molar-refractivity contribution in [3.63, 3.8) is 0 Å². The van der Waals surface area contributed by atoms with Gasteiger partial charge in [0, 0.05) is 12.6 Å². The average Bonchev–Trinajstić information content (AvgIpc) is 2.36. The Morgan fingerprint density at radius 2 is 2.00 bits per heavy atom. The normalized spacial score (nSPS) is 25.9. The second-order valence-electron chi connectivity index (χ2n) is 5.11. The molecule has 2 aliphatic rings. The Balaban J connectivity index is 1.69. The van der Waals surface area contributed by atoms with Gasteiger partial charge in [-0.1, -0.05) is 6.07 Å². The van der Waals surface area contributed by atoms with Gasteiger partial charge in [-0.3, -0.25) is 4.90 Å². The van der Waals surface area contributed by atoms with E-state index in [1.807, 2.05) is 12.1 Å². The van der Waals surface area contributed by atoms with E-state index in [0.717, 1.165) is 30.9 Å². The molecule has 1 aliphatic carbocycles. The zero-order valence-electron chi connectivity index (χ0n) is 10.6. The number of hydrogen-bond donors (Lipinski definition) is 1. The molecule has 1 aromatic rings. The Labute approximate surface area is 107 Å². The first kappa shape index (κ1) is 11.8. The largest absolute Gasteiger partial charge is 0.486 e. The molecule has 0 bridgehead atoms. The summed E-state index contributed by atoms with van der Waals surface area (Å²) in [6, 6.07) is 6.37. The summed E-state index contributed by atoms with van der Waals surface area (Å²) in [7, 11) is 2.06. The van der Waals surface area contributed by atoms with Crippen LogP contribution >= 0.6 is 0 Å². The fourth-order valence-electron chi connectivity index (χ4n) is 2.57. The highest BCUT2D eigenvalue weighted by Gasteiger charge is 2.32. The lowest BCUT2D eigenvalue weighted by molar-refractivity contribution is -0.0130. The summed E-state index contributed by atoms with van der Waals surface area (Å²) >= 11 is 0. The molecule has 1 N–H and O–H groups in total. The van der Waals surface area contributed by atoms with Gasteiger partial charge in [0.1, 0.15) is 13.2 Å². The zero-order valence-corrected chi connectivity index (χ0v) is 10.6. The van der Waals surface area contributed by atoms with Crippen LogP contribution in [0.25, 0.3) is 0 Å². The summed E-state index contributed by atoms with van der Waals surface area (Å²) in [4.78, 5) is 2.21. The van der Waals surface area contributed by atoms with E-state index in [2.05, 4.69) is 18.0 Å². The molecule has 0 amide bonds. The fourth-order valence-corrected chi connectivity index (χ4v) is 2.57. The van der Waals surface area contributed by atoms with Crippen molar-refractivity contribution in [1.29, 1.82) is 0 Å². The summed E-state index contributed by atoms with van der Waals surface area (Å²) < 4.78 is 11.1. The molecule has 2 atom stereocenters. The van der Waals surface area contributed by atoms with Crippen molar-refractivity contribution in [1.82, 2.24) is 4.90 Å². The van der Waals surface area contributed by atoms with E-state index in [1.165, 1.54) is 5.56 Å². The third-order valence-corrected chi connectivity index (χ3v) is 3.81. The monoisotopic (exact) mass is 249 g/mol. The molecule has 2 unspecified atom stereocenters. The maximum Gasteiger partial charge on any atom is 0.161 e. The second kappa shape index (κ2) is 4.78. The van der Waals surface area contributed by atoms with Gasteiger partial charge in [0.25, 0.3) is 0 Å². The highest BCUT2D eigenvalue weighted by molar-refractivity contribution is 5.43. The minimum atomic E-state index is -0.160. The van der Waals surface area contributed by atoms with Gasteiger partial charge in [-0.2, -0.15) is 0 Å². The van der Waals surface area contributed by atoms with Gasteiger partial charge in [-0.25, -0.2) is 0 Å². The molecule has 1 aliphatic heterocycles. The van der Waals surface area contributed by atoms with E-state index in [-0.39, 0.29) is 6.10 Å². The van der Waals surface area contributed by atoms with Gasteiger partial charge < -0.3 is 14.6 Å². The van der Waals surface area contributed by atoms with E-state index in [1.54, 1.807) is 0 Å². The number of rotatable bonds is 3. The molecule has 4 heteroatoms. The summed E-state index contributed by atoms with van der Waals surface area (Å²) in [6.45, 7) is 2.08. The maximum absolute atomic E-state index is 9.66. The van der Waals surface area contributed by atoms with Crippen molar-refractivity contribution < 1.29 is 14.6 Å². The number of ether oxygens (including phenoxy) is 2. The minimum absolute atomic E-state index is 0.160. The first-order chi connectivity index (χ1) is 8.74. The summed E-state index contributed by atoms with van der Waals surface area (Å²) in [5.74, 6) is 1.66. The number of nitrogens with zero attached hydrogens (tertiary/aromatic N) is 1. The van der Waals surface area contributed by atoms with Crippen molar-refractivity contribution in [2.75, 3.05) is 20.3 Å². The van der Waals surface area contributed by atoms with Crippen molar-refractivity contribution in [2.45, 2.75) is 31.5 Å². The van der Waals surface area contributed by atoms with Crippen LogP contribution in [0.2, 0.25) is 0 Å². The van der Waals surface area contributed by atoms with Gasteiger partial charge >= 0.3 is 0 Å². The van der Waals surface area contributed by atoms with E-state index in [4.69, 9.17) is 9.47 Å². The number of benzene rings is 1. The standard InChI is InChI=1S/C14H19NO3/c1-15(11-3-4-12(11)16)9-10-2-5-13-14(8-10)18-7-6-17-13/h2,5,8,11-12,16H,3-4,6-7,9H2,1H3. The van der Waals surface area contributed by atoms with E-state index >= 15 is 0 Å². The molecular weight excluding hydrogens is 230 g/mol. The van der Waals surface area contributed by atoms with Crippen molar-refractivity contribution in [3.8, 4) is 11.5 Å². The lowest BCUT2D eigenvalue weighted by Gasteiger charge is -2.39. The number of aliphatic hydroxyl groups is 1. The number of hydrogen-bond acceptors (Lipinski definition) is 4. The quantitative estimate of drug-likeness (QED) is 0.879. The zero-order chi connectivity index (χ0) is 12.5. The van der Waals surface area contributed by atoms with Crippen LogP contribution in [0, 0.1) is 0 Å².